The molecule has 1 aromatic heterocycles. The normalized spacial score (nSPS) is 11.8. The molecule has 1 rings (SSSR count). The van der Waals surface area contributed by atoms with Crippen LogP contribution in [0.1, 0.15) is 16.1 Å². The number of nitrogens with zero attached hydrogens (tertiary/aromatic N) is 2. The number of hydrogen-bond donors (Lipinski definition) is 1. The van der Waals surface area contributed by atoms with Crippen molar-refractivity contribution in [2.75, 3.05) is 13.6 Å². The van der Waals surface area contributed by atoms with Crippen LogP contribution in [-0.2, 0) is 13.2 Å². The summed E-state index contributed by atoms with van der Waals surface area (Å²) in [5.41, 5.74) is -1.54. The lowest BCUT2D eigenvalue weighted by Crippen LogP contribution is -2.21. The molecule has 0 saturated carbocycles. The fourth-order valence-electron chi connectivity index (χ4n) is 1.16. The van der Waals surface area contributed by atoms with Crippen molar-refractivity contribution in [3.8, 4) is 0 Å². The van der Waals surface area contributed by atoms with Crippen molar-refractivity contribution in [1.82, 2.24) is 15.1 Å². The van der Waals surface area contributed by atoms with Crippen molar-refractivity contribution in [1.29, 1.82) is 0 Å². The van der Waals surface area contributed by atoms with Gasteiger partial charge in [0, 0.05) is 13.2 Å². The summed E-state index contributed by atoms with van der Waals surface area (Å²) in [6.07, 6.45) is -3.53. The van der Waals surface area contributed by atoms with Gasteiger partial charge < -0.3 is 5.32 Å². The predicted molar refractivity (Wildman–Crippen MR) is 46.5 cm³/mol. The summed E-state index contributed by atoms with van der Waals surface area (Å²) in [6.45, 7) is -0.144. The van der Waals surface area contributed by atoms with Crippen molar-refractivity contribution < 1.29 is 18.0 Å². The molecule has 1 aromatic rings. The third-order valence-electron chi connectivity index (χ3n) is 1.74. The second-order valence-electron chi connectivity index (χ2n) is 3.02. The third-order valence-corrected chi connectivity index (χ3v) is 1.74. The monoisotopic (exact) mass is 221 g/mol. The van der Waals surface area contributed by atoms with E-state index in [0.29, 0.717) is 0 Å². The van der Waals surface area contributed by atoms with E-state index in [-0.39, 0.29) is 6.54 Å². The Morgan fingerprint density at radius 1 is 1.60 bits per heavy atom. The van der Waals surface area contributed by atoms with E-state index in [1.165, 1.54) is 14.1 Å². The van der Waals surface area contributed by atoms with Gasteiger partial charge in [-0.25, -0.2) is 0 Å². The van der Waals surface area contributed by atoms with Gasteiger partial charge in [0.2, 0.25) is 0 Å². The lowest BCUT2D eigenvalue weighted by atomic mass is 10.1. The first kappa shape index (κ1) is 11.7. The molecule has 0 fully saturated rings. The number of carbonyl (C=O) groups excluding carboxylic acids is 1. The number of ketones is 1. The van der Waals surface area contributed by atoms with Crippen LogP contribution in [0.4, 0.5) is 13.2 Å². The Kier molecular flexibility index (Phi) is 3.13. The van der Waals surface area contributed by atoms with Gasteiger partial charge in [0.25, 0.3) is 0 Å². The zero-order valence-corrected chi connectivity index (χ0v) is 8.22. The van der Waals surface area contributed by atoms with Gasteiger partial charge in [0.1, 0.15) is 0 Å². The Morgan fingerprint density at radius 2 is 2.20 bits per heavy atom. The molecule has 1 N–H and O–H groups in total. The molecule has 0 unspecified atom stereocenters. The second kappa shape index (κ2) is 4.01. The average Bonchev–Trinajstić information content (AvgIpc) is 2.47. The lowest BCUT2D eigenvalue weighted by molar-refractivity contribution is -0.141. The van der Waals surface area contributed by atoms with Crippen LogP contribution < -0.4 is 5.32 Å². The van der Waals surface area contributed by atoms with Crippen molar-refractivity contribution in [2.24, 2.45) is 7.05 Å². The Labute approximate surface area is 84.1 Å². The minimum absolute atomic E-state index is 0.144. The van der Waals surface area contributed by atoms with E-state index in [2.05, 4.69) is 10.4 Å². The van der Waals surface area contributed by atoms with Gasteiger partial charge >= 0.3 is 6.18 Å². The lowest BCUT2D eigenvalue weighted by Gasteiger charge is -2.04. The fraction of sp³-hybridized carbons (Fsp3) is 0.500. The SMILES string of the molecule is CNCC(=O)c1cn(C)nc1C(F)(F)F. The molecular formula is C8H10F3N3O. The smallest absolute Gasteiger partial charge is 0.313 e. The summed E-state index contributed by atoms with van der Waals surface area (Å²) < 4.78 is 38.2. The Bertz CT molecular complexity index is 370. The predicted octanol–water partition coefficient (Wildman–Crippen LogP) is 0.841. The van der Waals surface area contributed by atoms with E-state index < -0.39 is 23.2 Å². The highest BCUT2D eigenvalue weighted by Crippen LogP contribution is 2.30. The summed E-state index contributed by atoms with van der Waals surface area (Å²) in [5.74, 6) is -0.627. The van der Waals surface area contributed by atoms with Gasteiger partial charge in [-0.05, 0) is 7.05 Å². The summed E-state index contributed by atoms with van der Waals surface area (Å²) >= 11 is 0. The molecule has 0 spiro atoms. The van der Waals surface area contributed by atoms with Crippen LogP contribution in [-0.4, -0.2) is 29.2 Å². The van der Waals surface area contributed by atoms with E-state index in [1.807, 2.05) is 0 Å². The van der Waals surface area contributed by atoms with Crippen LogP contribution in [0, 0.1) is 0 Å². The van der Waals surface area contributed by atoms with Crippen molar-refractivity contribution >= 4 is 5.78 Å². The maximum absolute atomic E-state index is 12.4. The molecule has 0 aromatic carbocycles. The van der Waals surface area contributed by atoms with Gasteiger partial charge in [-0.1, -0.05) is 0 Å². The number of aryl methyl sites for hydroxylation is 1. The van der Waals surface area contributed by atoms with Crippen LogP contribution >= 0.6 is 0 Å². The van der Waals surface area contributed by atoms with Crippen molar-refractivity contribution in [3.05, 3.63) is 17.5 Å². The summed E-state index contributed by atoms with van der Waals surface area (Å²) in [4.78, 5) is 11.3. The van der Waals surface area contributed by atoms with E-state index in [0.717, 1.165) is 10.9 Å². The second-order valence-corrected chi connectivity index (χ2v) is 3.02. The van der Waals surface area contributed by atoms with Gasteiger partial charge in [-0.3, -0.25) is 9.48 Å². The molecule has 7 heteroatoms. The molecular weight excluding hydrogens is 211 g/mol. The first-order valence-corrected chi connectivity index (χ1v) is 4.15. The molecule has 0 aliphatic carbocycles. The number of aromatic nitrogens is 2. The molecule has 1 heterocycles. The van der Waals surface area contributed by atoms with Crippen LogP contribution in [0.3, 0.4) is 0 Å². The molecule has 4 nitrogen and oxygen atoms in total. The molecule has 15 heavy (non-hydrogen) atoms. The number of rotatable bonds is 3. The first-order valence-electron chi connectivity index (χ1n) is 4.15. The highest BCUT2D eigenvalue weighted by molar-refractivity contribution is 5.98. The van der Waals surface area contributed by atoms with E-state index >= 15 is 0 Å². The molecule has 0 bridgehead atoms. The van der Waals surface area contributed by atoms with E-state index in [1.54, 1.807) is 0 Å². The van der Waals surface area contributed by atoms with Gasteiger partial charge in [-0.15, -0.1) is 0 Å². The highest BCUT2D eigenvalue weighted by Gasteiger charge is 2.38. The first-order chi connectivity index (χ1) is 6.86. The minimum Gasteiger partial charge on any atom is -0.313 e. The molecule has 0 saturated heterocycles. The van der Waals surface area contributed by atoms with Crippen molar-refractivity contribution in [3.63, 3.8) is 0 Å². The van der Waals surface area contributed by atoms with Crippen molar-refractivity contribution in [2.45, 2.75) is 6.18 Å². The fourth-order valence-corrected chi connectivity index (χ4v) is 1.16. The largest absolute Gasteiger partial charge is 0.435 e. The zero-order chi connectivity index (χ0) is 11.6. The van der Waals surface area contributed by atoms with Crippen LogP contribution in [0.5, 0.6) is 0 Å². The maximum Gasteiger partial charge on any atom is 0.435 e. The quantitative estimate of drug-likeness (QED) is 0.769. The van der Waals surface area contributed by atoms with Gasteiger partial charge in [0.15, 0.2) is 11.5 Å². The van der Waals surface area contributed by atoms with Gasteiger partial charge in [-0.2, -0.15) is 18.3 Å². The number of halogens is 3. The number of likely N-dealkylation sites (N-methyl/N-ethyl adjacent to an activating group) is 1. The maximum atomic E-state index is 12.4. The molecule has 0 atom stereocenters. The minimum atomic E-state index is -4.60. The summed E-state index contributed by atoms with van der Waals surface area (Å²) in [7, 11) is 2.83. The van der Waals surface area contributed by atoms with Crippen LogP contribution in [0.2, 0.25) is 0 Å². The average molecular weight is 221 g/mol. The molecule has 84 valence electrons. The molecule has 0 amide bonds. The number of alkyl halides is 3. The highest BCUT2D eigenvalue weighted by atomic mass is 19.4. The topological polar surface area (TPSA) is 46.9 Å². The molecule has 0 radical (unpaired) electrons. The Morgan fingerprint density at radius 3 is 2.67 bits per heavy atom. The number of hydrogen-bond acceptors (Lipinski definition) is 3. The Hall–Kier alpha value is -1.37. The Balaban J connectivity index is 3.12. The summed E-state index contributed by atoms with van der Waals surface area (Å²) in [5, 5.41) is 5.73. The van der Waals surface area contributed by atoms with E-state index in [9.17, 15) is 18.0 Å². The number of nitrogens with one attached hydrogen (secondary N) is 1. The zero-order valence-electron chi connectivity index (χ0n) is 8.22. The molecule has 0 aliphatic rings. The third kappa shape index (κ3) is 2.56. The van der Waals surface area contributed by atoms with Gasteiger partial charge in [0.05, 0.1) is 12.1 Å². The summed E-state index contributed by atoms with van der Waals surface area (Å²) in [6, 6.07) is 0. The standard InChI is InChI=1S/C8H10F3N3O/c1-12-3-6(15)5-4-14(2)13-7(5)8(9,10)11/h4,12H,3H2,1-2H3. The van der Waals surface area contributed by atoms with E-state index in [4.69, 9.17) is 0 Å². The van der Waals surface area contributed by atoms with Crippen LogP contribution in [0.15, 0.2) is 6.20 Å². The molecule has 0 aliphatic heterocycles. The van der Waals surface area contributed by atoms with Crippen LogP contribution in [0.25, 0.3) is 0 Å². The number of carbonyl (C=O) groups is 1. The number of Topliss-reactive ketones (excluding diaryl/α,β-unsaturated/α-hetero) is 1.